The molecule has 0 amide bonds. The van der Waals surface area contributed by atoms with Gasteiger partial charge in [-0.25, -0.2) is 0 Å². The molecule has 0 unspecified atom stereocenters. The first kappa shape index (κ1) is 29.7. The Kier molecular flexibility index (Phi) is 12.6. The smallest absolute Gasteiger partial charge is 0.496 e. The summed E-state index contributed by atoms with van der Waals surface area (Å²) in [5.41, 5.74) is 2.40. The quantitative estimate of drug-likeness (QED) is 0.442. The second-order valence-corrected chi connectivity index (χ2v) is 8.65. The number of ether oxygens (including phenoxy) is 2. The molecule has 2 fully saturated rings. The van der Waals surface area contributed by atoms with Gasteiger partial charge < -0.3 is 19.3 Å². The molecule has 0 aromatic heterocycles. The fourth-order valence-corrected chi connectivity index (χ4v) is 4.44. The number of benzene rings is 2. The van der Waals surface area contributed by atoms with Crippen molar-refractivity contribution in [2.45, 2.75) is 12.1 Å². The third-order valence-corrected chi connectivity index (χ3v) is 5.91. The molecule has 0 heterocycles. The zero-order valence-corrected chi connectivity index (χ0v) is 22.6. The Bertz CT molecular complexity index is 789. The van der Waals surface area contributed by atoms with E-state index < -0.39 is 0 Å². The first-order chi connectivity index (χ1) is 16.5. The van der Waals surface area contributed by atoms with Gasteiger partial charge in [0.25, 0.3) is 0 Å². The van der Waals surface area contributed by atoms with Crippen LogP contribution in [0.4, 0.5) is 0 Å². The minimum atomic E-state index is 0. The van der Waals surface area contributed by atoms with Crippen molar-refractivity contribution in [1.29, 1.82) is 0 Å². The maximum atomic E-state index is 5.45. The molecule has 0 N–H and O–H groups in total. The zero-order chi connectivity index (χ0) is 24.5. The van der Waals surface area contributed by atoms with Crippen LogP contribution in [0.3, 0.4) is 0 Å². The van der Waals surface area contributed by atoms with Crippen LogP contribution in [-0.2, 0) is 17.1 Å². The van der Waals surface area contributed by atoms with Gasteiger partial charge in [-0.1, -0.05) is 36.4 Å². The van der Waals surface area contributed by atoms with E-state index in [2.05, 4.69) is 114 Å². The standard InChI is InChI=1S/2C15H18NO.Fe/c2*1-16(2)15(12-8-4-5-9-12)13-10-6-7-11-14(13)17-3;/h2*4-11,15H,1-3H3;/q;;+2/t2*15-;/m00./s1. The van der Waals surface area contributed by atoms with Crippen LogP contribution in [0.25, 0.3) is 0 Å². The molecule has 5 heteroatoms. The van der Waals surface area contributed by atoms with E-state index in [0.29, 0.717) is 0 Å². The van der Waals surface area contributed by atoms with Gasteiger partial charge in [0.2, 0.25) is 0 Å². The van der Waals surface area contributed by atoms with E-state index in [4.69, 9.17) is 9.47 Å². The largest absolute Gasteiger partial charge is 2.00 e. The van der Waals surface area contributed by atoms with E-state index in [0.717, 1.165) is 11.5 Å². The fourth-order valence-electron chi connectivity index (χ4n) is 4.44. The first-order valence-electron chi connectivity index (χ1n) is 11.5. The Morgan fingerprint density at radius 1 is 0.543 bits per heavy atom. The maximum absolute atomic E-state index is 5.45. The van der Waals surface area contributed by atoms with Gasteiger partial charge in [0.05, 0.1) is 14.2 Å². The number of methoxy groups -OCH3 is 2. The van der Waals surface area contributed by atoms with Crippen LogP contribution < -0.4 is 9.47 Å². The van der Waals surface area contributed by atoms with Gasteiger partial charge >= 0.3 is 17.1 Å². The molecule has 2 aromatic rings. The molecule has 4 rings (SSSR count). The van der Waals surface area contributed by atoms with E-state index in [1.807, 2.05) is 24.3 Å². The first-order valence-corrected chi connectivity index (χ1v) is 11.5. The third-order valence-electron chi connectivity index (χ3n) is 5.91. The summed E-state index contributed by atoms with van der Waals surface area (Å²) in [4.78, 5) is 4.40. The van der Waals surface area contributed by atoms with Crippen LogP contribution in [0.1, 0.15) is 23.2 Å². The van der Waals surface area contributed by atoms with Crippen molar-refractivity contribution in [3.8, 4) is 11.5 Å². The van der Waals surface area contributed by atoms with Crippen molar-refractivity contribution >= 4 is 0 Å². The molecule has 2 aromatic carbocycles. The molecule has 0 saturated heterocycles. The molecular weight excluding hydrogens is 476 g/mol. The van der Waals surface area contributed by atoms with E-state index in [-0.39, 0.29) is 29.2 Å². The number of para-hydroxylation sites is 2. The van der Waals surface area contributed by atoms with Crippen LogP contribution in [0.5, 0.6) is 11.5 Å². The molecular formula is C30H36FeN2O2+2. The summed E-state index contributed by atoms with van der Waals surface area (Å²) in [5.74, 6) is 4.46. The average Bonchev–Trinajstić information content (AvgIpc) is 3.55. The maximum Gasteiger partial charge on any atom is 2.00 e. The minimum Gasteiger partial charge on any atom is -0.496 e. The second kappa shape index (κ2) is 14.9. The fraction of sp³-hybridized carbons (Fsp3) is 0.267. The van der Waals surface area contributed by atoms with Gasteiger partial charge in [0.1, 0.15) is 11.5 Å². The average molecular weight is 512 g/mol. The molecule has 2 saturated carbocycles. The summed E-state index contributed by atoms with van der Waals surface area (Å²) in [5, 5.41) is 0. The van der Waals surface area contributed by atoms with Gasteiger partial charge in [-0.15, -0.1) is 0 Å². The molecule has 184 valence electrons. The molecule has 2 aliphatic rings. The summed E-state index contributed by atoms with van der Waals surface area (Å²) in [6.07, 6.45) is 16.9. The van der Waals surface area contributed by atoms with Crippen molar-refractivity contribution in [2.75, 3.05) is 42.4 Å². The van der Waals surface area contributed by atoms with Crippen LogP contribution in [0, 0.1) is 63.2 Å². The minimum absolute atomic E-state index is 0. The van der Waals surface area contributed by atoms with E-state index >= 15 is 0 Å². The third kappa shape index (κ3) is 7.73. The SMILES string of the molecule is COc1ccccc1[C@H]([C]1[CH][CH][CH][CH]1)N(C)C.COc1ccccc1[C@H]([C]1[CH][CH][CH][CH]1)N(C)C.[Fe+2]. The number of nitrogens with zero attached hydrogens (tertiary/aromatic N) is 2. The van der Waals surface area contributed by atoms with Crippen molar-refractivity contribution in [3.05, 3.63) is 123 Å². The van der Waals surface area contributed by atoms with Crippen molar-refractivity contribution in [1.82, 2.24) is 9.80 Å². The Balaban J connectivity index is 0.000000240. The second-order valence-electron chi connectivity index (χ2n) is 8.65. The summed E-state index contributed by atoms with van der Waals surface area (Å²) in [6.45, 7) is 0. The Labute approximate surface area is 224 Å². The number of rotatable bonds is 8. The van der Waals surface area contributed by atoms with Crippen molar-refractivity contribution in [3.63, 3.8) is 0 Å². The zero-order valence-electron chi connectivity index (χ0n) is 21.5. The Hall–Kier alpha value is -1.52. The van der Waals surface area contributed by atoms with Crippen LogP contribution in [0.2, 0.25) is 0 Å². The van der Waals surface area contributed by atoms with Crippen molar-refractivity contribution < 1.29 is 26.5 Å². The van der Waals surface area contributed by atoms with E-state index in [1.54, 1.807) is 14.2 Å². The number of hydrogen-bond donors (Lipinski definition) is 0. The number of hydrogen-bond acceptors (Lipinski definition) is 4. The van der Waals surface area contributed by atoms with Gasteiger partial charge in [-0.3, -0.25) is 0 Å². The van der Waals surface area contributed by atoms with E-state index in [1.165, 1.54) is 23.0 Å². The molecule has 10 radical (unpaired) electrons. The van der Waals surface area contributed by atoms with Gasteiger partial charge in [0, 0.05) is 35.0 Å². The molecule has 0 aliphatic heterocycles. The predicted octanol–water partition coefficient (Wildman–Crippen LogP) is 5.40. The molecule has 2 aliphatic carbocycles. The van der Waals surface area contributed by atoms with Crippen molar-refractivity contribution in [2.24, 2.45) is 0 Å². The Morgan fingerprint density at radius 3 is 1.14 bits per heavy atom. The van der Waals surface area contributed by atoms with Crippen LogP contribution >= 0.6 is 0 Å². The summed E-state index contributed by atoms with van der Waals surface area (Å²) >= 11 is 0. The normalized spacial score (nSPS) is 18.1. The predicted molar refractivity (Wildman–Crippen MR) is 140 cm³/mol. The summed E-state index contributed by atoms with van der Waals surface area (Å²) < 4.78 is 10.9. The molecule has 0 bridgehead atoms. The molecule has 0 spiro atoms. The summed E-state index contributed by atoms with van der Waals surface area (Å²) in [7, 11) is 11.8. The molecule has 35 heavy (non-hydrogen) atoms. The topological polar surface area (TPSA) is 24.9 Å². The molecule has 2 atom stereocenters. The van der Waals surface area contributed by atoms with Crippen LogP contribution in [0.15, 0.2) is 48.5 Å². The van der Waals surface area contributed by atoms with Gasteiger partial charge in [-0.05, 0) is 91.7 Å². The van der Waals surface area contributed by atoms with Gasteiger partial charge in [0.15, 0.2) is 0 Å². The van der Waals surface area contributed by atoms with Gasteiger partial charge in [-0.2, -0.15) is 0 Å². The van der Waals surface area contributed by atoms with E-state index in [9.17, 15) is 0 Å². The summed E-state index contributed by atoms with van der Waals surface area (Å²) in [6, 6.07) is 16.8. The Morgan fingerprint density at radius 2 is 0.857 bits per heavy atom. The van der Waals surface area contributed by atoms with Crippen LogP contribution in [-0.4, -0.2) is 52.2 Å². The molecule has 4 nitrogen and oxygen atoms in total. The monoisotopic (exact) mass is 512 g/mol.